The molecule has 146 valence electrons. The lowest BCUT2D eigenvalue weighted by atomic mass is 10.1. The van der Waals surface area contributed by atoms with Crippen molar-refractivity contribution in [2.75, 3.05) is 0 Å². The lowest BCUT2D eigenvalue weighted by molar-refractivity contribution is 0.606. The van der Waals surface area contributed by atoms with E-state index in [-0.39, 0.29) is 0 Å². The van der Waals surface area contributed by atoms with Gasteiger partial charge in [0.05, 0.1) is 18.6 Å². The van der Waals surface area contributed by atoms with Crippen LogP contribution in [-0.2, 0) is 20.1 Å². The second kappa shape index (κ2) is 8.37. The topological polar surface area (TPSA) is 80.0 Å². The number of aliphatic imine (C=N–C) groups is 1. The van der Waals surface area contributed by atoms with Gasteiger partial charge in [-0.15, -0.1) is 10.2 Å². The third kappa shape index (κ3) is 4.13. The van der Waals surface area contributed by atoms with Crippen LogP contribution in [0.4, 0.5) is 0 Å². The predicted octanol–water partition coefficient (Wildman–Crippen LogP) is 2.85. The van der Waals surface area contributed by atoms with E-state index in [4.69, 9.17) is 4.99 Å². The van der Waals surface area contributed by atoms with Crippen LogP contribution in [0.5, 0.6) is 0 Å². The fourth-order valence-corrected chi connectivity index (χ4v) is 3.64. The number of hydrogen-bond acceptors (Lipinski definition) is 4. The molecule has 1 aliphatic rings. The van der Waals surface area contributed by atoms with Crippen molar-refractivity contribution in [1.82, 2.24) is 30.4 Å². The number of para-hydroxylation sites is 1. The first-order chi connectivity index (χ1) is 13.7. The Kier molecular flexibility index (Phi) is 5.50. The highest BCUT2D eigenvalue weighted by Crippen LogP contribution is 2.18. The van der Waals surface area contributed by atoms with Gasteiger partial charge in [0.15, 0.2) is 11.8 Å². The Labute approximate surface area is 165 Å². The van der Waals surface area contributed by atoms with Gasteiger partial charge >= 0.3 is 0 Å². The third-order valence-corrected chi connectivity index (χ3v) is 5.44. The molecule has 7 heteroatoms. The lowest BCUT2D eigenvalue weighted by Crippen LogP contribution is -2.42. The van der Waals surface area contributed by atoms with Crippen molar-refractivity contribution in [2.24, 2.45) is 12.0 Å². The van der Waals surface area contributed by atoms with E-state index in [1.807, 2.05) is 49.0 Å². The van der Waals surface area contributed by atoms with Crippen molar-refractivity contribution in [1.29, 1.82) is 0 Å². The van der Waals surface area contributed by atoms with Gasteiger partial charge in [0.25, 0.3) is 0 Å². The molecule has 0 unspecified atom stereocenters. The summed E-state index contributed by atoms with van der Waals surface area (Å²) >= 11 is 0. The summed E-state index contributed by atoms with van der Waals surface area (Å²) in [5, 5.41) is 16.6. The zero-order valence-corrected chi connectivity index (χ0v) is 16.5. The van der Waals surface area contributed by atoms with Crippen LogP contribution in [0, 0.1) is 6.92 Å². The van der Waals surface area contributed by atoms with Crippen molar-refractivity contribution in [3.8, 4) is 0 Å². The normalized spacial score (nSPS) is 15.3. The minimum Gasteiger partial charge on any atom is -0.354 e. The van der Waals surface area contributed by atoms with E-state index in [1.165, 1.54) is 31.2 Å². The molecule has 0 spiro atoms. The van der Waals surface area contributed by atoms with Crippen molar-refractivity contribution in [3.63, 3.8) is 0 Å². The standard InChI is InChI=1S/C21H27N7/c1-15-26-27-20(28(15)2)14-24-21(25-17-7-3-4-8-17)23-13-16-11-12-22-19-10-6-5-9-18(16)19/h5-6,9-12,17H,3-4,7-8,13-14H2,1-2H3,(H2,23,24,25). The van der Waals surface area contributed by atoms with Gasteiger partial charge in [0.2, 0.25) is 0 Å². The van der Waals surface area contributed by atoms with Crippen LogP contribution in [0.1, 0.15) is 42.9 Å². The van der Waals surface area contributed by atoms with Gasteiger partial charge in [-0.1, -0.05) is 31.0 Å². The number of hydrogen-bond donors (Lipinski definition) is 2. The average Bonchev–Trinajstić information content (AvgIpc) is 3.34. The van der Waals surface area contributed by atoms with Gasteiger partial charge in [-0.05, 0) is 37.5 Å². The molecule has 0 bridgehead atoms. The molecule has 0 amide bonds. The zero-order chi connectivity index (χ0) is 19.3. The van der Waals surface area contributed by atoms with Gasteiger partial charge in [-0.2, -0.15) is 0 Å². The van der Waals surface area contributed by atoms with Crippen LogP contribution in [0.3, 0.4) is 0 Å². The molecule has 0 aliphatic heterocycles. The van der Waals surface area contributed by atoms with Gasteiger partial charge in [-0.3, -0.25) is 4.98 Å². The van der Waals surface area contributed by atoms with Crippen molar-refractivity contribution < 1.29 is 0 Å². The SMILES string of the molecule is Cc1nnc(CNC(=NCc2ccnc3ccccc23)NC2CCCC2)n1C. The number of rotatable bonds is 5. The van der Waals surface area contributed by atoms with Gasteiger partial charge < -0.3 is 15.2 Å². The van der Waals surface area contributed by atoms with E-state index in [0.29, 0.717) is 19.1 Å². The van der Waals surface area contributed by atoms with E-state index in [9.17, 15) is 0 Å². The number of benzene rings is 1. The molecule has 1 saturated carbocycles. The summed E-state index contributed by atoms with van der Waals surface area (Å²) in [6, 6.07) is 10.7. The molecule has 0 atom stereocenters. The Morgan fingerprint density at radius 2 is 2.00 bits per heavy atom. The molecule has 1 aromatic carbocycles. The minimum absolute atomic E-state index is 0.488. The average molecular weight is 377 g/mol. The largest absolute Gasteiger partial charge is 0.354 e. The third-order valence-electron chi connectivity index (χ3n) is 5.44. The summed E-state index contributed by atoms with van der Waals surface area (Å²) in [5.74, 6) is 2.63. The van der Waals surface area contributed by atoms with Crippen molar-refractivity contribution in [3.05, 3.63) is 53.7 Å². The Morgan fingerprint density at radius 1 is 1.18 bits per heavy atom. The number of aryl methyl sites for hydroxylation is 1. The van der Waals surface area contributed by atoms with E-state index in [2.05, 4.69) is 31.9 Å². The summed E-state index contributed by atoms with van der Waals surface area (Å²) in [6.07, 6.45) is 6.81. The molecule has 3 aromatic rings. The number of pyridine rings is 1. The second-order valence-corrected chi connectivity index (χ2v) is 7.35. The first kappa shape index (κ1) is 18.4. The first-order valence-electron chi connectivity index (χ1n) is 9.93. The lowest BCUT2D eigenvalue weighted by Gasteiger charge is -2.17. The molecule has 7 nitrogen and oxygen atoms in total. The summed E-state index contributed by atoms with van der Waals surface area (Å²) in [7, 11) is 1.98. The maximum absolute atomic E-state index is 4.87. The fourth-order valence-electron chi connectivity index (χ4n) is 3.64. The molecule has 1 aliphatic carbocycles. The van der Waals surface area contributed by atoms with Crippen LogP contribution < -0.4 is 10.6 Å². The van der Waals surface area contributed by atoms with Crippen LogP contribution in [-0.4, -0.2) is 31.7 Å². The maximum Gasteiger partial charge on any atom is 0.192 e. The van der Waals surface area contributed by atoms with E-state index in [1.54, 1.807) is 0 Å². The molecule has 2 heterocycles. The smallest absolute Gasteiger partial charge is 0.192 e. The molecule has 1 fully saturated rings. The Hall–Kier alpha value is -2.96. The Balaban J connectivity index is 1.52. The Bertz CT molecular complexity index is 965. The molecular formula is C21H27N7. The zero-order valence-electron chi connectivity index (χ0n) is 16.5. The van der Waals surface area contributed by atoms with Crippen molar-refractivity contribution in [2.45, 2.75) is 51.7 Å². The molecule has 28 heavy (non-hydrogen) atoms. The van der Waals surface area contributed by atoms with Gasteiger partial charge in [0.1, 0.15) is 5.82 Å². The van der Waals surface area contributed by atoms with Gasteiger partial charge in [0, 0.05) is 24.7 Å². The van der Waals surface area contributed by atoms with Crippen LogP contribution in [0.25, 0.3) is 10.9 Å². The van der Waals surface area contributed by atoms with Crippen molar-refractivity contribution >= 4 is 16.9 Å². The quantitative estimate of drug-likeness (QED) is 0.528. The number of nitrogens with one attached hydrogen (secondary N) is 2. The molecule has 0 radical (unpaired) electrons. The fraction of sp³-hybridized carbons (Fsp3) is 0.429. The summed E-state index contributed by atoms with van der Waals surface area (Å²) in [5.41, 5.74) is 2.18. The molecule has 0 saturated heterocycles. The van der Waals surface area contributed by atoms with E-state index < -0.39 is 0 Å². The van der Waals surface area contributed by atoms with Crippen LogP contribution in [0.15, 0.2) is 41.5 Å². The Morgan fingerprint density at radius 3 is 2.79 bits per heavy atom. The summed E-state index contributed by atoms with van der Waals surface area (Å²) in [6.45, 7) is 3.15. The monoisotopic (exact) mass is 377 g/mol. The highest BCUT2D eigenvalue weighted by atomic mass is 15.3. The summed E-state index contributed by atoms with van der Waals surface area (Å²) in [4.78, 5) is 9.31. The van der Waals surface area contributed by atoms with Gasteiger partial charge in [-0.25, -0.2) is 4.99 Å². The second-order valence-electron chi connectivity index (χ2n) is 7.35. The molecule has 4 rings (SSSR count). The molecular weight excluding hydrogens is 350 g/mol. The van der Waals surface area contributed by atoms with E-state index >= 15 is 0 Å². The molecule has 2 aromatic heterocycles. The number of guanidine groups is 1. The highest BCUT2D eigenvalue weighted by molar-refractivity contribution is 5.83. The number of nitrogens with zero attached hydrogens (tertiary/aromatic N) is 5. The highest BCUT2D eigenvalue weighted by Gasteiger charge is 2.16. The van der Waals surface area contributed by atoms with Crippen LogP contribution in [0.2, 0.25) is 0 Å². The summed E-state index contributed by atoms with van der Waals surface area (Å²) < 4.78 is 2.00. The number of aromatic nitrogens is 4. The molecule has 2 N–H and O–H groups in total. The van der Waals surface area contributed by atoms with E-state index in [0.717, 1.165) is 28.5 Å². The van der Waals surface area contributed by atoms with Crippen LogP contribution >= 0.6 is 0 Å². The minimum atomic E-state index is 0.488. The first-order valence-corrected chi connectivity index (χ1v) is 9.93. The predicted molar refractivity (Wildman–Crippen MR) is 111 cm³/mol. The maximum atomic E-state index is 4.87. The number of fused-ring (bicyclic) bond motifs is 1.